The number of thioether (sulfide) groups is 1. The van der Waals surface area contributed by atoms with Gasteiger partial charge in [0.15, 0.2) is 5.65 Å². The van der Waals surface area contributed by atoms with Gasteiger partial charge >= 0.3 is 5.97 Å². The van der Waals surface area contributed by atoms with Gasteiger partial charge in [0.25, 0.3) is 0 Å². The van der Waals surface area contributed by atoms with Crippen LogP contribution in [0.1, 0.15) is 6.42 Å². The Labute approximate surface area is 90.1 Å². The molecule has 15 heavy (non-hydrogen) atoms. The van der Waals surface area contributed by atoms with Gasteiger partial charge in [0.2, 0.25) is 0 Å². The van der Waals surface area contributed by atoms with Gasteiger partial charge in [-0.15, -0.1) is 11.8 Å². The molecule has 0 fully saturated rings. The minimum atomic E-state index is -0.784. The van der Waals surface area contributed by atoms with Crippen molar-refractivity contribution in [2.75, 3.05) is 5.75 Å². The Morgan fingerprint density at radius 1 is 1.53 bits per heavy atom. The van der Waals surface area contributed by atoms with E-state index in [9.17, 15) is 4.79 Å². The van der Waals surface area contributed by atoms with Crippen molar-refractivity contribution in [3.8, 4) is 0 Å². The van der Waals surface area contributed by atoms with Crippen LogP contribution >= 0.6 is 11.8 Å². The van der Waals surface area contributed by atoms with Crippen LogP contribution in [-0.4, -0.2) is 31.4 Å². The molecule has 2 rings (SSSR count). The number of carboxylic acid groups (broad SMARTS) is 1. The van der Waals surface area contributed by atoms with Gasteiger partial charge in [-0.3, -0.25) is 4.79 Å². The number of rotatable bonds is 4. The van der Waals surface area contributed by atoms with E-state index in [1.54, 1.807) is 16.8 Å². The Kier molecular flexibility index (Phi) is 2.86. The molecule has 0 spiro atoms. The fraction of sp³-hybridized carbons (Fsp3) is 0.222. The number of nitrogens with zero attached hydrogens (tertiary/aromatic N) is 3. The predicted octanol–water partition coefficient (Wildman–Crippen LogP) is 1.30. The molecule has 5 nitrogen and oxygen atoms in total. The molecule has 2 aromatic heterocycles. The summed E-state index contributed by atoms with van der Waals surface area (Å²) >= 11 is 1.43. The van der Waals surface area contributed by atoms with Crippen LogP contribution in [0.15, 0.2) is 29.6 Å². The Hall–Kier alpha value is -1.56. The summed E-state index contributed by atoms with van der Waals surface area (Å²) in [5.41, 5.74) is 0.773. The summed E-state index contributed by atoms with van der Waals surface area (Å²) in [6, 6.07) is 3.63. The number of fused-ring (bicyclic) bond motifs is 1. The molecule has 0 unspecified atom stereocenters. The first-order valence-electron chi connectivity index (χ1n) is 4.41. The molecule has 0 amide bonds. The largest absolute Gasteiger partial charge is 0.481 e. The van der Waals surface area contributed by atoms with E-state index in [2.05, 4.69) is 10.1 Å². The van der Waals surface area contributed by atoms with E-state index in [-0.39, 0.29) is 6.42 Å². The van der Waals surface area contributed by atoms with Crippen molar-refractivity contribution < 1.29 is 9.90 Å². The number of hydrogen-bond donors (Lipinski definition) is 1. The molecule has 0 atom stereocenters. The lowest BCUT2D eigenvalue weighted by atomic mass is 10.5. The molecule has 78 valence electrons. The van der Waals surface area contributed by atoms with Crippen molar-refractivity contribution in [1.29, 1.82) is 0 Å². The molecule has 0 aliphatic heterocycles. The van der Waals surface area contributed by atoms with E-state index in [1.807, 2.05) is 12.3 Å². The summed E-state index contributed by atoms with van der Waals surface area (Å²) in [6.45, 7) is 0. The zero-order valence-electron chi connectivity index (χ0n) is 7.83. The number of carbonyl (C=O) groups is 1. The van der Waals surface area contributed by atoms with Crippen LogP contribution < -0.4 is 0 Å². The van der Waals surface area contributed by atoms with Crippen LogP contribution in [0.5, 0.6) is 0 Å². The second-order valence-electron chi connectivity index (χ2n) is 2.89. The summed E-state index contributed by atoms with van der Waals surface area (Å²) in [7, 11) is 0. The summed E-state index contributed by atoms with van der Waals surface area (Å²) in [5.74, 6) is -0.250. The molecule has 1 N–H and O–H groups in total. The first-order chi connectivity index (χ1) is 7.25. The monoisotopic (exact) mass is 223 g/mol. The SMILES string of the molecule is O=C(O)CCSc1ccn2nccc2n1. The van der Waals surface area contributed by atoms with Crippen LogP contribution in [0.25, 0.3) is 5.65 Å². The lowest BCUT2D eigenvalue weighted by Gasteiger charge is -1.99. The van der Waals surface area contributed by atoms with Gasteiger partial charge in [-0.05, 0) is 6.07 Å². The smallest absolute Gasteiger partial charge is 0.304 e. The maximum Gasteiger partial charge on any atom is 0.304 e. The second-order valence-corrected chi connectivity index (χ2v) is 4.01. The van der Waals surface area contributed by atoms with E-state index in [0.717, 1.165) is 10.7 Å². The molecule has 2 aromatic rings. The third kappa shape index (κ3) is 2.47. The topological polar surface area (TPSA) is 67.5 Å². The highest BCUT2D eigenvalue weighted by molar-refractivity contribution is 7.99. The Balaban J connectivity index is 2.04. The summed E-state index contributed by atoms with van der Waals surface area (Å²) in [6.07, 6.45) is 3.64. The van der Waals surface area contributed by atoms with Gasteiger partial charge in [0, 0.05) is 18.0 Å². The fourth-order valence-electron chi connectivity index (χ4n) is 1.12. The van der Waals surface area contributed by atoms with Crippen molar-refractivity contribution in [2.24, 2.45) is 0 Å². The highest BCUT2D eigenvalue weighted by atomic mass is 32.2. The van der Waals surface area contributed by atoms with Gasteiger partial charge < -0.3 is 5.11 Å². The maximum atomic E-state index is 10.3. The highest BCUT2D eigenvalue weighted by Gasteiger charge is 2.01. The van der Waals surface area contributed by atoms with Crippen molar-refractivity contribution in [1.82, 2.24) is 14.6 Å². The van der Waals surface area contributed by atoms with Crippen molar-refractivity contribution in [3.05, 3.63) is 24.5 Å². The molecule has 0 aliphatic carbocycles. The second kappa shape index (κ2) is 4.31. The highest BCUT2D eigenvalue weighted by Crippen LogP contribution is 2.16. The summed E-state index contributed by atoms with van der Waals surface area (Å²) in [5, 5.41) is 13.3. The minimum absolute atomic E-state index is 0.150. The number of aliphatic carboxylic acids is 1. The lowest BCUT2D eigenvalue weighted by Crippen LogP contribution is -1.96. The fourth-order valence-corrected chi connectivity index (χ4v) is 1.92. The standard InChI is InChI=1S/C9H9N3O2S/c13-9(14)3-6-15-8-2-5-12-7(11-8)1-4-10-12/h1-2,4-5H,3,6H2,(H,13,14). The van der Waals surface area contributed by atoms with Crippen LogP contribution in [0.3, 0.4) is 0 Å². The molecular weight excluding hydrogens is 214 g/mol. The van der Waals surface area contributed by atoms with Gasteiger partial charge in [-0.1, -0.05) is 0 Å². The van der Waals surface area contributed by atoms with E-state index in [0.29, 0.717) is 5.75 Å². The first-order valence-corrected chi connectivity index (χ1v) is 5.39. The maximum absolute atomic E-state index is 10.3. The first kappa shape index (κ1) is 9.97. The van der Waals surface area contributed by atoms with Crippen LogP contribution in [0, 0.1) is 0 Å². The normalized spacial score (nSPS) is 10.7. The average Bonchev–Trinajstić information content (AvgIpc) is 2.64. The zero-order chi connectivity index (χ0) is 10.7. The number of hydrogen-bond acceptors (Lipinski definition) is 4. The number of carboxylic acids is 1. The minimum Gasteiger partial charge on any atom is -0.481 e. The molecule has 2 heterocycles. The van der Waals surface area contributed by atoms with E-state index < -0.39 is 5.97 Å². The quantitative estimate of drug-likeness (QED) is 0.625. The third-order valence-corrected chi connectivity index (χ3v) is 2.73. The Bertz CT molecular complexity index is 483. The van der Waals surface area contributed by atoms with Gasteiger partial charge in [-0.25, -0.2) is 9.50 Å². The zero-order valence-corrected chi connectivity index (χ0v) is 8.65. The summed E-state index contributed by atoms with van der Waals surface area (Å²) in [4.78, 5) is 14.6. The van der Waals surface area contributed by atoms with Gasteiger partial charge in [0.05, 0.1) is 12.6 Å². The molecular formula is C9H9N3O2S. The number of aromatic nitrogens is 3. The van der Waals surface area contributed by atoms with Gasteiger partial charge in [-0.2, -0.15) is 5.10 Å². The Morgan fingerprint density at radius 2 is 2.40 bits per heavy atom. The molecule has 0 saturated heterocycles. The lowest BCUT2D eigenvalue weighted by molar-refractivity contribution is -0.136. The van der Waals surface area contributed by atoms with E-state index >= 15 is 0 Å². The molecule has 0 saturated carbocycles. The Morgan fingerprint density at radius 3 is 3.20 bits per heavy atom. The van der Waals surface area contributed by atoms with E-state index in [1.165, 1.54) is 11.8 Å². The van der Waals surface area contributed by atoms with Crippen LogP contribution in [0.4, 0.5) is 0 Å². The molecule has 0 radical (unpaired) electrons. The third-order valence-electron chi connectivity index (χ3n) is 1.80. The predicted molar refractivity (Wildman–Crippen MR) is 56.0 cm³/mol. The summed E-state index contributed by atoms with van der Waals surface area (Å²) < 4.78 is 1.67. The van der Waals surface area contributed by atoms with E-state index in [4.69, 9.17) is 5.11 Å². The molecule has 0 aromatic carbocycles. The van der Waals surface area contributed by atoms with Crippen LogP contribution in [-0.2, 0) is 4.79 Å². The molecule has 6 heteroatoms. The van der Waals surface area contributed by atoms with Crippen molar-refractivity contribution >= 4 is 23.4 Å². The van der Waals surface area contributed by atoms with Crippen molar-refractivity contribution in [3.63, 3.8) is 0 Å². The van der Waals surface area contributed by atoms with Crippen molar-refractivity contribution in [2.45, 2.75) is 11.4 Å². The molecule has 0 bridgehead atoms. The van der Waals surface area contributed by atoms with Crippen LogP contribution in [0.2, 0.25) is 0 Å². The van der Waals surface area contributed by atoms with Gasteiger partial charge in [0.1, 0.15) is 5.03 Å². The average molecular weight is 223 g/mol. The molecule has 0 aliphatic rings.